The van der Waals surface area contributed by atoms with Gasteiger partial charge in [-0.25, -0.2) is 0 Å². The highest BCUT2D eigenvalue weighted by molar-refractivity contribution is 6.30. The van der Waals surface area contributed by atoms with Crippen molar-refractivity contribution in [1.82, 2.24) is 0 Å². The van der Waals surface area contributed by atoms with Gasteiger partial charge in [-0.2, -0.15) is 0 Å². The van der Waals surface area contributed by atoms with Gasteiger partial charge >= 0.3 is 0 Å². The highest BCUT2D eigenvalue weighted by Gasteiger charge is 2.18. The van der Waals surface area contributed by atoms with Crippen molar-refractivity contribution in [3.05, 3.63) is 46.5 Å². The maximum atomic E-state index is 6.17. The highest BCUT2D eigenvalue weighted by atomic mass is 35.5. The van der Waals surface area contributed by atoms with Crippen molar-refractivity contribution >= 4 is 17.3 Å². The van der Waals surface area contributed by atoms with Crippen LogP contribution in [0.5, 0.6) is 17.2 Å². The van der Waals surface area contributed by atoms with Gasteiger partial charge in [0.2, 0.25) is 6.79 Å². The van der Waals surface area contributed by atoms with Gasteiger partial charge in [0.15, 0.2) is 11.5 Å². The third kappa shape index (κ3) is 2.36. The van der Waals surface area contributed by atoms with E-state index in [1.807, 2.05) is 30.3 Å². The number of anilines is 1. The average Bonchev–Trinajstić information content (AvgIpc) is 3.12. The Hall–Kier alpha value is -2.07. The molecule has 0 atom stereocenters. The Kier molecular flexibility index (Phi) is 3.04. The van der Waals surface area contributed by atoms with Crippen molar-refractivity contribution in [3.63, 3.8) is 0 Å². The number of nitrogens with one attached hydrogen (secondary N) is 1. The van der Waals surface area contributed by atoms with Crippen molar-refractivity contribution in [2.24, 2.45) is 0 Å². The van der Waals surface area contributed by atoms with Crippen LogP contribution >= 0.6 is 11.6 Å². The van der Waals surface area contributed by atoms with Gasteiger partial charge in [-0.3, -0.25) is 0 Å². The van der Waals surface area contributed by atoms with Gasteiger partial charge in [-0.15, -0.1) is 0 Å². The largest absolute Gasteiger partial charge is 0.493 e. The summed E-state index contributed by atoms with van der Waals surface area (Å²) in [7, 11) is 0. The zero-order chi connectivity index (χ0) is 14.2. The minimum Gasteiger partial charge on any atom is -0.493 e. The Morgan fingerprint density at radius 2 is 1.95 bits per heavy atom. The first-order valence-electron chi connectivity index (χ1n) is 6.87. The van der Waals surface area contributed by atoms with Gasteiger partial charge in [0, 0.05) is 35.3 Å². The molecule has 5 heteroatoms. The second-order valence-corrected chi connectivity index (χ2v) is 5.51. The number of ether oxygens (including phenoxy) is 3. The van der Waals surface area contributed by atoms with Crippen molar-refractivity contribution < 1.29 is 14.2 Å². The summed E-state index contributed by atoms with van der Waals surface area (Å²) < 4.78 is 16.4. The molecule has 0 spiro atoms. The summed E-state index contributed by atoms with van der Waals surface area (Å²) in [5.41, 5.74) is 3.24. The van der Waals surface area contributed by atoms with E-state index in [0.717, 1.165) is 46.5 Å². The number of hydrogen-bond acceptors (Lipinski definition) is 4. The minimum absolute atomic E-state index is 0.286. The Bertz CT molecular complexity index is 702. The highest BCUT2D eigenvalue weighted by Crippen LogP contribution is 2.36. The summed E-state index contributed by atoms with van der Waals surface area (Å²) in [5.74, 6) is 2.52. The third-order valence-corrected chi connectivity index (χ3v) is 3.90. The van der Waals surface area contributed by atoms with E-state index >= 15 is 0 Å². The second kappa shape index (κ2) is 5.04. The maximum absolute atomic E-state index is 6.17. The Morgan fingerprint density at radius 3 is 2.90 bits per heavy atom. The van der Waals surface area contributed by atoms with Crippen molar-refractivity contribution in [3.8, 4) is 17.2 Å². The van der Waals surface area contributed by atoms with Crippen LogP contribution in [0.1, 0.15) is 11.1 Å². The van der Waals surface area contributed by atoms with E-state index in [1.165, 1.54) is 5.56 Å². The van der Waals surface area contributed by atoms with Gasteiger partial charge in [-0.1, -0.05) is 11.6 Å². The van der Waals surface area contributed by atoms with Gasteiger partial charge in [-0.05, 0) is 29.8 Å². The number of fused-ring (bicyclic) bond motifs is 2. The molecule has 108 valence electrons. The Balaban J connectivity index is 1.55. The molecule has 0 amide bonds. The van der Waals surface area contributed by atoms with E-state index in [2.05, 4.69) is 5.32 Å². The summed E-state index contributed by atoms with van der Waals surface area (Å²) >= 11 is 6.17. The molecule has 0 unspecified atom stereocenters. The summed E-state index contributed by atoms with van der Waals surface area (Å²) in [5, 5.41) is 4.13. The Morgan fingerprint density at radius 1 is 1.05 bits per heavy atom. The van der Waals surface area contributed by atoms with Crippen LogP contribution in [0.3, 0.4) is 0 Å². The lowest BCUT2D eigenvalue weighted by molar-refractivity contribution is 0.174. The van der Waals surface area contributed by atoms with E-state index < -0.39 is 0 Å². The number of halogens is 1. The molecule has 2 aromatic carbocycles. The van der Waals surface area contributed by atoms with E-state index in [0.29, 0.717) is 6.54 Å². The zero-order valence-electron chi connectivity index (χ0n) is 11.3. The SMILES string of the molecule is Clc1cc2c(c(CNc3ccc4c(c3)OCO4)c1)OCC2. The van der Waals surface area contributed by atoms with Crippen LogP contribution < -0.4 is 19.5 Å². The molecule has 2 aliphatic heterocycles. The number of hydrogen-bond donors (Lipinski definition) is 1. The second-order valence-electron chi connectivity index (χ2n) is 5.07. The smallest absolute Gasteiger partial charge is 0.231 e. The van der Waals surface area contributed by atoms with Crippen LogP contribution in [-0.4, -0.2) is 13.4 Å². The molecule has 2 aliphatic rings. The van der Waals surface area contributed by atoms with E-state index in [-0.39, 0.29) is 6.79 Å². The molecule has 4 nitrogen and oxygen atoms in total. The molecule has 21 heavy (non-hydrogen) atoms. The third-order valence-electron chi connectivity index (χ3n) is 3.68. The molecule has 0 radical (unpaired) electrons. The van der Waals surface area contributed by atoms with E-state index in [9.17, 15) is 0 Å². The molecule has 0 aliphatic carbocycles. The molecule has 2 aromatic rings. The molecule has 0 bridgehead atoms. The fourth-order valence-corrected chi connectivity index (χ4v) is 2.94. The zero-order valence-corrected chi connectivity index (χ0v) is 12.1. The molecule has 0 saturated heterocycles. The summed E-state index contributed by atoms with van der Waals surface area (Å²) in [6.07, 6.45) is 0.924. The first-order valence-corrected chi connectivity index (χ1v) is 7.25. The van der Waals surface area contributed by atoms with E-state index in [1.54, 1.807) is 0 Å². The summed E-state index contributed by atoms with van der Waals surface area (Å²) in [6, 6.07) is 9.75. The lowest BCUT2D eigenvalue weighted by Gasteiger charge is -2.11. The predicted molar refractivity (Wildman–Crippen MR) is 80.5 cm³/mol. The molecule has 1 N–H and O–H groups in total. The summed E-state index contributed by atoms with van der Waals surface area (Å²) in [4.78, 5) is 0. The van der Waals surface area contributed by atoms with Crippen LogP contribution in [0.4, 0.5) is 5.69 Å². The maximum Gasteiger partial charge on any atom is 0.231 e. The lowest BCUT2D eigenvalue weighted by atomic mass is 10.1. The molecular weight excluding hydrogens is 290 g/mol. The number of benzene rings is 2. The Labute approximate surface area is 127 Å². The first kappa shape index (κ1) is 12.7. The number of rotatable bonds is 3. The quantitative estimate of drug-likeness (QED) is 0.940. The minimum atomic E-state index is 0.286. The fourth-order valence-electron chi connectivity index (χ4n) is 2.68. The molecule has 0 fully saturated rings. The molecule has 2 heterocycles. The van der Waals surface area contributed by atoms with Gasteiger partial charge in [0.1, 0.15) is 5.75 Å². The van der Waals surface area contributed by atoms with Gasteiger partial charge < -0.3 is 19.5 Å². The first-order chi connectivity index (χ1) is 10.3. The molecular formula is C16H14ClNO3. The van der Waals surface area contributed by atoms with Crippen molar-refractivity contribution in [2.45, 2.75) is 13.0 Å². The summed E-state index contributed by atoms with van der Waals surface area (Å²) in [6.45, 7) is 1.67. The van der Waals surface area contributed by atoms with Crippen molar-refractivity contribution in [2.75, 3.05) is 18.7 Å². The lowest BCUT2D eigenvalue weighted by Crippen LogP contribution is -2.01. The topological polar surface area (TPSA) is 39.7 Å². The average molecular weight is 304 g/mol. The van der Waals surface area contributed by atoms with Crippen molar-refractivity contribution in [1.29, 1.82) is 0 Å². The van der Waals surface area contributed by atoms with E-state index in [4.69, 9.17) is 25.8 Å². The molecule has 0 aromatic heterocycles. The molecule has 0 saturated carbocycles. The van der Waals surface area contributed by atoms with Crippen LogP contribution in [0, 0.1) is 0 Å². The molecule has 4 rings (SSSR count). The van der Waals surface area contributed by atoms with Crippen LogP contribution in [-0.2, 0) is 13.0 Å². The van der Waals surface area contributed by atoms with Crippen LogP contribution in [0.15, 0.2) is 30.3 Å². The fraction of sp³-hybridized carbons (Fsp3) is 0.250. The van der Waals surface area contributed by atoms with Crippen LogP contribution in [0.2, 0.25) is 5.02 Å². The predicted octanol–water partition coefficient (Wildman–Crippen LogP) is 3.62. The van der Waals surface area contributed by atoms with Gasteiger partial charge in [0.25, 0.3) is 0 Å². The normalized spacial score (nSPS) is 14.7. The monoisotopic (exact) mass is 303 g/mol. The van der Waals surface area contributed by atoms with Gasteiger partial charge in [0.05, 0.1) is 6.61 Å². The standard InChI is InChI=1S/C16H14ClNO3/c17-12-5-10-3-4-19-16(10)11(6-12)8-18-13-1-2-14-15(7-13)21-9-20-14/h1-2,5-7,18H,3-4,8-9H2. The van der Waals surface area contributed by atoms with Crippen LogP contribution in [0.25, 0.3) is 0 Å².